The molecule has 0 spiro atoms. The monoisotopic (exact) mass is 274 g/mol. The Hall–Kier alpha value is -2.34. The van der Waals surface area contributed by atoms with Crippen molar-refractivity contribution in [3.8, 4) is 11.4 Å². The average molecular weight is 274 g/mol. The number of carbonyl (C=O) groups is 1. The van der Waals surface area contributed by atoms with Crippen molar-refractivity contribution in [1.82, 2.24) is 9.55 Å². The fourth-order valence-corrected chi connectivity index (χ4v) is 2.67. The van der Waals surface area contributed by atoms with E-state index in [1.165, 1.54) is 13.2 Å². The molecule has 96 valence electrons. The van der Waals surface area contributed by atoms with E-state index < -0.39 is 5.97 Å². The molecule has 0 unspecified atom stereocenters. The number of aromatic nitrogens is 2. The van der Waals surface area contributed by atoms with E-state index in [1.807, 2.05) is 21.4 Å². The second-order valence-electron chi connectivity index (χ2n) is 3.92. The van der Waals surface area contributed by atoms with E-state index in [9.17, 15) is 9.90 Å². The van der Waals surface area contributed by atoms with Crippen LogP contribution in [0.15, 0.2) is 35.3 Å². The molecule has 0 saturated carbocycles. The predicted octanol–water partition coefficient (Wildman–Crippen LogP) is 2.79. The van der Waals surface area contributed by atoms with Gasteiger partial charge in [0.15, 0.2) is 5.75 Å². The molecule has 5 nitrogen and oxygen atoms in total. The Kier molecular flexibility index (Phi) is 2.72. The molecule has 3 rings (SSSR count). The van der Waals surface area contributed by atoms with E-state index >= 15 is 0 Å². The molecule has 0 atom stereocenters. The lowest BCUT2D eigenvalue weighted by Crippen LogP contribution is -2.02. The number of hydrogen-bond acceptors (Lipinski definition) is 4. The standard InChI is InChI=1S/C13H10N2O3S/c1-18-12-9(13(16)17)2-3-10-11(12)15(7-14-10)8-4-5-19-6-8/h2-7H,1H3,(H,16,17). The lowest BCUT2D eigenvalue weighted by atomic mass is 10.1. The number of thiophene rings is 1. The molecule has 1 aromatic carbocycles. The van der Waals surface area contributed by atoms with E-state index in [1.54, 1.807) is 23.7 Å². The number of rotatable bonds is 3. The van der Waals surface area contributed by atoms with Crippen LogP contribution in [0.1, 0.15) is 10.4 Å². The minimum absolute atomic E-state index is 0.131. The highest BCUT2D eigenvalue weighted by atomic mass is 32.1. The Morgan fingerprint density at radius 3 is 2.89 bits per heavy atom. The van der Waals surface area contributed by atoms with E-state index in [4.69, 9.17) is 4.74 Å². The first-order valence-electron chi connectivity index (χ1n) is 5.52. The molecular formula is C13H10N2O3S. The zero-order valence-electron chi connectivity index (χ0n) is 10.0. The summed E-state index contributed by atoms with van der Waals surface area (Å²) in [5.41, 5.74) is 2.44. The summed E-state index contributed by atoms with van der Waals surface area (Å²) in [6, 6.07) is 5.14. The summed E-state index contributed by atoms with van der Waals surface area (Å²) in [5.74, 6) is -0.689. The highest BCUT2D eigenvalue weighted by Crippen LogP contribution is 2.31. The lowest BCUT2D eigenvalue weighted by molar-refractivity contribution is 0.0693. The Bertz CT molecular complexity index is 747. The van der Waals surface area contributed by atoms with Gasteiger partial charge in [-0.25, -0.2) is 9.78 Å². The van der Waals surface area contributed by atoms with E-state index in [-0.39, 0.29) is 5.56 Å². The van der Waals surface area contributed by atoms with Gasteiger partial charge >= 0.3 is 5.97 Å². The molecule has 1 N–H and O–H groups in total. The van der Waals surface area contributed by atoms with Crippen LogP contribution < -0.4 is 4.74 Å². The van der Waals surface area contributed by atoms with Crippen LogP contribution in [0.25, 0.3) is 16.7 Å². The highest BCUT2D eigenvalue weighted by Gasteiger charge is 2.18. The van der Waals surface area contributed by atoms with Gasteiger partial charge in [-0.1, -0.05) is 0 Å². The fourth-order valence-electron chi connectivity index (χ4n) is 2.04. The van der Waals surface area contributed by atoms with Gasteiger partial charge in [-0.15, -0.1) is 0 Å². The molecule has 0 amide bonds. The SMILES string of the molecule is COc1c(C(=O)O)ccc2ncn(-c3ccsc3)c12. The summed E-state index contributed by atoms with van der Waals surface area (Å²) in [6.45, 7) is 0. The second kappa shape index (κ2) is 4.40. The van der Waals surface area contributed by atoms with Crippen molar-refractivity contribution in [2.45, 2.75) is 0 Å². The molecule has 3 aromatic rings. The lowest BCUT2D eigenvalue weighted by Gasteiger charge is -2.09. The molecule has 19 heavy (non-hydrogen) atoms. The summed E-state index contributed by atoms with van der Waals surface area (Å²) in [5, 5.41) is 13.1. The number of hydrogen-bond donors (Lipinski definition) is 1. The Morgan fingerprint density at radius 1 is 1.42 bits per heavy atom. The summed E-state index contributed by atoms with van der Waals surface area (Å²) in [7, 11) is 1.46. The van der Waals surface area contributed by atoms with Crippen LogP contribution in [-0.4, -0.2) is 27.7 Å². The van der Waals surface area contributed by atoms with Crippen LogP contribution in [-0.2, 0) is 0 Å². The number of carboxylic acid groups (broad SMARTS) is 1. The van der Waals surface area contributed by atoms with Gasteiger partial charge in [-0.3, -0.25) is 4.57 Å². The van der Waals surface area contributed by atoms with Gasteiger partial charge < -0.3 is 9.84 Å². The number of fused-ring (bicyclic) bond motifs is 1. The largest absolute Gasteiger partial charge is 0.494 e. The number of carboxylic acids is 1. The van der Waals surface area contributed by atoms with Crippen LogP contribution in [0.2, 0.25) is 0 Å². The maximum atomic E-state index is 11.2. The van der Waals surface area contributed by atoms with Gasteiger partial charge in [-0.2, -0.15) is 11.3 Å². The van der Waals surface area contributed by atoms with Crippen molar-refractivity contribution in [3.63, 3.8) is 0 Å². The number of imidazole rings is 1. The summed E-state index contributed by atoms with van der Waals surface area (Å²) in [4.78, 5) is 15.5. The molecule has 6 heteroatoms. The van der Waals surface area contributed by atoms with E-state index in [2.05, 4.69) is 4.98 Å². The summed E-state index contributed by atoms with van der Waals surface area (Å²) >= 11 is 1.56. The minimum Gasteiger partial charge on any atom is -0.494 e. The number of methoxy groups -OCH3 is 1. The third-order valence-corrected chi connectivity index (χ3v) is 3.55. The van der Waals surface area contributed by atoms with Gasteiger partial charge in [0.1, 0.15) is 17.4 Å². The predicted molar refractivity (Wildman–Crippen MR) is 72.5 cm³/mol. The Balaban J connectivity index is 2.37. The minimum atomic E-state index is -1.02. The van der Waals surface area contributed by atoms with Crippen LogP contribution in [0, 0.1) is 0 Å². The summed E-state index contributed by atoms with van der Waals surface area (Å²) in [6.07, 6.45) is 1.67. The molecule has 0 aliphatic heterocycles. The van der Waals surface area contributed by atoms with Crippen molar-refractivity contribution >= 4 is 28.3 Å². The Labute approximate surface area is 112 Å². The van der Waals surface area contributed by atoms with E-state index in [0.717, 1.165) is 5.69 Å². The molecule has 0 saturated heterocycles. The van der Waals surface area contributed by atoms with Crippen molar-refractivity contribution < 1.29 is 14.6 Å². The quantitative estimate of drug-likeness (QED) is 0.797. The van der Waals surface area contributed by atoms with Crippen LogP contribution in [0.4, 0.5) is 0 Å². The molecule has 0 radical (unpaired) electrons. The molecule has 2 aromatic heterocycles. The number of ether oxygens (including phenoxy) is 1. The average Bonchev–Trinajstić information content (AvgIpc) is 3.05. The normalized spacial score (nSPS) is 10.8. The number of nitrogens with zero attached hydrogens (tertiary/aromatic N) is 2. The fraction of sp³-hybridized carbons (Fsp3) is 0.0769. The zero-order valence-corrected chi connectivity index (χ0v) is 10.8. The third kappa shape index (κ3) is 1.77. The first-order valence-corrected chi connectivity index (χ1v) is 6.46. The van der Waals surface area contributed by atoms with Crippen molar-refractivity contribution in [3.05, 3.63) is 40.8 Å². The van der Waals surface area contributed by atoms with Crippen molar-refractivity contribution in [1.29, 1.82) is 0 Å². The molecule has 0 bridgehead atoms. The van der Waals surface area contributed by atoms with Crippen molar-refractivity contribution in [2.24, 2.45) is 0 Å². The van der Waals surface area contributed by atoms with Crippen LogP contribution in [0.5, 0.6) is 5.75 Å². The van der Waals surface area contributed by atoms with Gasteiger partial charge in [-0.05, 0) is 23.6 Å². The van der Waals surface area contributed by atoms with Gasteiger partial charge in [0, 0.05) is 5.38 Å². The Morgan fingerprint density at radius 2 is 2.26 bits per heavy atom. The molecule has 2 heterocycles. The topological polar surface area (TPSA) is 64.3 Å². The van der Waals surface area contributed by atoms with Crippen LogP contribution >= 0.6 is 11.3 Å². The maximum Gasteiger partial charge on any atom is 0.339 e. The van der Waals surface area contributed by atoms with Gasteiger partial charge in [0.2, 0.25) is 0 Å². The van der Waals surface area contributed by atoms with Gasteiger partial charge in [0.05, 0.1) is 18.3 Å². The van der Waals surface area contributed by atoms with Crippen molar-refractivity contribution in [2.75, 3.05) is 7.11 Å². The number of aromatic carboxylic acids is 1. The first kappa shape index (κ1) is 11.7. The zero-order chi connectivity index (χ0) is 13.4. The first-order chi connectivity index (χ1) is 9.22. The maximum absolute atomic E-state index is 11.2. The van der Waals surface area contributed by atoms with Crippen LogP contribution in [0.3, 0.4) is 0 Å². The molecule has 0 aliphatic carbocycles. The summed E-state index contributed by atoms with van der Waals surface area (Å²) < 4.78 is 7.11. The smallest absolute Gasteiger partial charge is 0.339 e. The molecular weight excluding hydrogens is 264 g/mol. The third-order valence-electron chi connectivity index (χ3n) is 2.88. The second-order valence-corrected chi connectivity index (χ2v) is 4.70. The molecule has 0 fully saturated rings. The van der Waals surface area contributed by atoms with Gasteiger partial charge in [0.25, 0.3) is 0 Å². The van der Waals surface area contributed by atoms with E-state index in [0.29, 0.717) is 16.8 Å². The molecule has 0 aliphatic rings. The number of benzene rings is 1. The highest BCUT2D eigenvalue weighted by molar-refractivity contribution is 7.08.